The van der Waals surface area contributed by atoms with Crippen LogP contribution in [-0.2, 0) is 22.4 Å². The molecule has 1 saturated carbocycles. The Labute approximate surface area is 138 Å². The molecular formula is C17H28N4O2. The maximum atomic E-state index is 5.52. The molecule has 0 aromatic carbocycles. The van der Waals surface area contributed by atoms with Gasteiger partial charge in [0.2, 0.25) is 0 Å². The van der Waals surface area contributed by atoms with Crippen LogP contribution in [-0.4, -0.2) is 59.9 Å². The Kier molecular flexibility index (Phi) is 4.64. The smallest absolute Gasteiger partial charge is 0.105 e. The predicted octanol–water partition coefficient (Wildman–Crippen LogP) is 1.66. The van der Waals surface area contributed by atoms with E-state index < -0.39 is 0 Å². The van der Waals surface area contributed by atoms with Crippen LogP contribution < -0.4 is 0 Å². The molecule has 0 amide bonds. The molecule has 6 heteroatoms. The second-order valence-corrected chi connectivity index (χ2v) is 7.32. The van der Waals surface area contributed by atoms with Crippen molar-refractivity contribution < 1.29 is 9.47 Å². The van der Waals surface area contributed by atoms with E-state index in [0.29, 0.717) is 6.61 Å². The second-order valence-electron chi connectivity index (χ2n) is 7.32. The van der Waals surface area contributed by atoms with Gasteiger partial charge in [-0.05, 0) is 37.5 Å². The van der Waals surface area contributed by atoms with Crippen molar-refractivity contribution in [2.24, 2.45) is 11.8 Å². The summed E-state index contributed by atoms with van der Waals surface area (Å²) in [6.45, 7) is 5.82. The summed E-state index contributed by atoms with van der Waals surface area (Å²) in [6, 6.07) is 0.263. The lowest BCUT2D eigenvalue weighted by molar-refractivity contribution is 0.0271. The van der Waals surface area contributed by atoms with Crippen molar-refractivity contribution in [3.8, 4) is 0 Å². The molecule has 1 atom stereocenters. The summed E-state index contributed by atoms with van der Waals surface area (Å²) in [5.41, 5.74) is 2.51. The first-order valence-electron chi connectivity index (χ1n) is 9.08. The molecular weight excluding hydrogens is 292 g/mol. The SMILES string of the molecule is COC[C@H]1c2nnn(CC3CC3)c2CCN1CC1CCOCC1. The molecule has 4 rings (SSSR count). The van der Waals surface area contributed by atoms with E-state index in [1.54, 1.807) is 7.11 Å². The van der Waals surface area contributed by atoms with Crippen molar-refractivity contribution in [1.82, 2.24) is 19.9 Å². The van der Waals surface area contributed by atoms with Crippen LogP contribution in [0.15, 0.2) is 0 Å². The van der Waals surface area contributed by atoms with Crippen molar-refractivity contribution in [3.63, 3.8) is 0 Å². The third kappa shape index (κ3) is 3.44. The van der Waals surface area contributed by atoms with Crippen LogP contribution in [0.3, 0.4) is 0 Å². The molecule has 0 radical (unpaired) electrons. The molecule has 0 spiro atoms. The topological polar surface area (TPSA) is 52.4 Å². The van der Waals surface area contributed by atoms with E-state index >= 15 is 0 Å². The van der Waals surface area contributed by atoms with Gasteiger partial charge in [-0.15, -0.1) is 5.10 Å². The minimum atomic E-state index is 0.263. The van der Waals surface area contributed by atoms with Gasteiger partial charge in [-0.2, -0.15) is 0 Å². The molecule has 0 N–H and O–H groups in total. The lowest BCUT2D eigenvalue weighted by Gasteiger charge is -2.37. The van der Waals surface area contributed by atoms with Gasteiger partial charge in [0.1, 0.15) is 5.69 Å². The highest BCUT2D eigenvalue weighted by molar-refractivity contribution is 5.19. The summed E-state index contributed by atoms with van der Waals surface area (Å²) in [4.78, 5) is 2.57. The van der Waals surface area contributed by atoms with Gasteiger partial charge in [-0.3, -0.25) is 4.90 Å². The van der Waals surface area contributed by atoms with Crippen molar-refractivity contribution in [2.75, 3.05) is 40.0 Å². The number of hydrogen-bond donors (Lipinski definition) is 0. The van der Waals surface area contributed by atoms with Gasteiger partial charge in [0, 0.05) is 46.4 Å². The predicted molar refractivity (Wildman–Crippen MR) is 86.2 cm³/mol. The van der Waals surface area contributed by atoms with Gasteiger partial charge >= 0.3 is 0 Å². The molecule has 0 bridgehead atoms. The molecule has 1 aromatic heterocycles. The number of methoxy groups -OCH3 is 1. The lowest BCUT2D eigenvalue weighted by Crippen LogP contribution is -2.42. The summed E-state index contributed by atoms with van der Waals surface area (Å²) in [7, 11) is 1.79. The van der Waals surface area contributed by atoms with Gasteiger partial charge in [0.05, 0.1) is 18.3 Å². The van der Waals surface area contributed by atoms with Crippen LogP contribution in [0.2, 0.25) is 0 Å². The normalized spacial score (nSPS) is 26.4. The number of aromatic nitrogens is 3. The lowest BCUT2D eigenvalue weighted by atomic mass is 9.96. The first kappa shape index (κ1) is 15.5. The van der Waals surface area contributed by atoms with Crippen LogP contribution in [0.1, 0.15) is 43.1 Å². The molecule has 23 heavy (non-hydrogen) atoms. The maximum Gasteiger partial charge on any atom is 0.105 e. The van der Waals surface area contributed by atoms with E-state index in [2.05, 4.69) is 19.9 Å². The van der Waals surface area contributed by atoms with Gasteiger partial charge in [-0.25, -0.2) is 4.68 Å². The summed E-state index contributed by atoms with van der Waals surface area (Å²) in [5.74, 6) is 1.58. The quantitative estimate of drug-likeness (QED) is 0.798. The summed E-state index contributed by atoms with van der Waals surface area (Å²) in [6.07, 6.45) is 6.13. The second kappa shape index (κ2) is 6.87. The van der Waals surface area contributed by atoms with E-state index in [1.165, 1.54) is 31.4 Å². The third-order valence-electron chi connectivity index (χ3n) is 5.55. The Bertz CT molecular complexity index is 523. The van der Waals surface area contributed by atoms with Gasteiger partial charge in [0.15, 0.2) is 0 Å². The molecule has 3 aliphatic rings. The van der Waals surface area contributed by atoms with Gasteiger partial charge in [0.25, 0.3) is 0 Å². The van der Waals surface area contributed by atoms with Crippen molar-refractivity contribution >= 4 is 0 Å². The van der Waals surface area contributed by atoms with Crippen molar-refractivity contribution in [2.45, 2.75) is 44.7 Å². The number of rotatable bonds is 6. The Balaban J connectivity index is 1.49. The highest BCUT2D eigenvalue weighted by atomic mass is 16.5. The van der Waals surface area contributed by atoms with Crippen LogP contribution >= 0.6 is 0 Å². The molecule has 1 saturated heterocycles. The van der Waals surface area contributed by atoms with Crippen molar-refractivity contribution in [3.05, 3.63) is 11.4 Å². The third-order valence-corrected chi connectivity index (χ3v) is 5.55. The fraction of sp³-hybridized carbons (Fsp3) is 0.882. The van der Waals surface area contributed by atoms with E-state index in [4.69, 9.17) is 9.47 Å². The Hall–Kier alpha value is -0.980. The summed E-state index contributed by atoms with van der Waals surface area (Å²) in [5, 5.41) is 9.00. The minimum Gasteiger partial charge on any atom is -0.383 e. The average molecular weight is 320 g/mol. The van der Waals surface area contributed by atoms with Gasteiger partial charge < -0.3 is 9.47 Å². The van der Waals surface area contributed by atoms with E-state index in [0.717, 1.165) is 56.8 Å². The van der Waals surface area contributed by atoms with E-state index in [1.807, 2.05) is 0 Å². The average Bonchev–Trinajstić information content (AvgIpc) is 3.30. The van der Waals surface area contributed by atoms with Crippen molar-refractivity contribution in [1.29, 1.82) is 0 Å². The van der Waals surface area contributed by atoms with Crippen LogP contribution in [0.4, 0.5) is 0 Å². The highest BCUT2D eigenvalue weighted by Crippen LogP contribution is 2.34. The van der Waals surface area contributed by atoms with Gasteiger partial charge in [-0.1, -0.05) is 5.21 Å². The zero-order valence-corrected chi connectivity index (χ0v) is 14.1. The number of ether oxygens (including phenoxy) is 2. The molecule has 128 valence electrons. The minimum absolute atomic E-state index is 0.263. The summed E-state index contributed by atoms with van der Waals surface area (Å²) < 4.78 is 13.2. The zero-order chi connectivity index (χ0) is 15.6. The monoisotopic (exact) mass is 320 g/mol. The Morgan fingerprint density at radius 2 is 1.91 bits per heavy atom. The van der Waals surface area contributed by atoms with E-state index in [-0.39, 0.29) is 6.04 Å². The molecule has 0 unspecified atom stereocenters. The first-order chi connectivity index (χ1) is 11.3. The Morgan fingerprint density at radius 3 is 2.65 bits per heavy atom. The van der Waals surface area contributed by atoms with E-state index in [9.17, 15) is 0 Å². The summed E-state index contributed by atoms with van der Waals surface area (Å²) >= 11 is 0. The highest BCUT2D eigenvalue weighted by Gasteiger charge is 2.34. The molecule has 2 aliphatic heterocycles. The number of fused-ring (bicyclic) bond motifs is 1. The molecule has 1 aromatic rings. The molecule has 2 fully saturated rings. The zero-order valence-electron chi connectivity index (χ0n) is 14.1. The largest absolute Gasteiger partial charge is 0.383 e. The Morgan fingerprint density at radius 1 is 1.13 bits per heavy atom. The molecule has 3 heterocycles. The number of hydrogen-bond acceptors (Lipinski definition) is 5. The van der Waals surface area contributed by atoms with Crippen LogP contribution in [0.25, 0.3) is 0 Å². The van der Waals surface area contributed by atoms with Crippen LogP contribution in [0, 0.1) is 11.8 Å². The first-order valence-corrected chi connectivity index (χ1v) is 9.08. The standard InChI is InChI=1S/C17H28N4O2/c1-22-12-16-17-15(21(19-18-17)11-13-2-3-13)4-7-20(16)10-14-5-8-23-9-6-14/h13-14,16H,2-12H2,1H3/t16-/m0/s1. The fourth-order valence-electron chi connectivity index (χ4n) is 3.95. The molecule has 1 aliphatic carbocycles. The molecule has 6 nitrogen and oxygen atoms in total. The maximum absolute atomic E-state index is 5.52. The number of nitrogens with zero attached hydrogens (tertiary/aromatic N) is 4. The fourth-order valence-corrected chi connectivity index (χ4v) is 3.95. The van der Waals surface area contributed by atoms with Crippen LogP contribution in [0.5, 0.6) is 0 Å².